The zero-order valence-electron chi connectivity index (χ0n) is 11.5. The average Bonchev–Trinajstić information content (AvgIpc) is 2.63. The third-order valence-electron chi connectivity index (χ3n) is 2.95. The Kier molecular flexibility index (Phi) is 5.76. The van der Waals surface area contributed by atoms with Crippen molar-refractivity contribution in [3.05, 3.63) is 35.1 Å². The van der Waals surface area contributed by atoms with Gasteiger partial charge >= 0.3 is 10.5 Å². The summed E-state index contributed by atoms with van der Waals surface area (Å²) in [6, 6.07) is 6.39. The van der Waals surface area contributed by atoms with E-state index in [9.17, 15) is 0 Å². The van der Waals surface area contributed by atoms with Crippen molar-refractivity contribution in [1.82, 2.24) is 0 Å². The van der Waals surface area contributed by atoms with Gasteiger partial charge in [-0.15, -0.1) is 0 Å². The van der Waals surface area contributed by atoms with Crippen LogP contribution in [0.25, 0.3) is 11.0 Å². The fraction of sp³-hybridized carbons (Fsp3) is 0.429. The lowest BCUT2D eigenvalue weighted by atomic mass is 10.1. The maximum Gasteiger partial charge on any atom is 0.308 e. The Balaban J connectivity index is 0.000000399. The van der Waals surface area contributed by atoms with E-state index >= 15 is 0 Å². The second kappa shape index (κ2) is 7.09. The Morgan fingerprint density at radius 2 is 1.89 bits per heavy atom. The molecule has 0 bridgehead atoms. The Morgan fingerprint density at radius 3 is 2.47 bits per heavy atom. The van der Waals surface area contributed by atoms with E-state index in [2.05, 4.69) is 39.0 Å². The molecular formula is C14H19NO3S. The number of fused-ring (bicyclic) bond motifs is 1. The molecule has 5 heteroatoms. The van der Waals surface area contributed by atoms with Gasteiger partial charge in [0, 0.05) is 11.8 Å². The topological polar surface area (TPSA) is 71.1 Å². The fourth-order valence-electron chi connectivity index (χ4n) is 1.96. The predicted octanol–water partition coefficient (Wildman–Crippen LogP) is 4.02. The van der Waals surface area contributed by atoms with E-state index in [0.717, 1.165) is 17.8 Å². The van der Waals surface area contributed by atoms with Gasteiger partial charge in [-0.1, -0.05) is 25.0 Å². The van der Waals surface area contributed by atoms with Crippen molar-refractivity contribution in [1.29, 1.82) is 4.78 Å². The van der Waals surface area contributed by atoms with Gasteiger partial charge < -0.3 is 4.42 Å². The first-order valence-corrected chi connectivity index (χ1v) is 7.32. The summed E-state index contributed by atoms with van der Waals surface area (Å²) >= 11 is 0. The monoisotopic (exact) mass is 281 g/mol. The van der Waals surface area contributed by atoms with Crippen LogP contribution in [0.5, 0.6) is 0 Å². The van der Waals surface area contributed by atoms with E-state index in [0.29, 0.717) is 0 Å². The molecule has 2 aromatic rings. The van der Waals surface area contributed by atoms with Gasteiger partial charge in [0.05, 0.1) is 0 Å². The van der Waals surface area contributed by atoms with Crippen LogP contribution in [-0.4, -0.2) is 8.42 Å². The standard InChI is InChI=1S/C14H18O.HNO2S/c1-4-5-6-13-11(3)12-9-10(2)7-8-14(12)15-13;1-4(2)3/h7-9H,4-6H2,1-3H3;1H. The summed E-state index contributed by atoms with van der Waals surface area (Å²) in [5.74, 6) is 1.16. The van der Waals surface area contributed by atoms with Crippen LogP contribution < -0.4 is 0 Å². The van der Waals surface area contributed by atoms with Crippen LogP contribution in [0.4, 0.5) is 0 Å². The van der Waals surface area contributed by atoms with E-state index in [1.165, 1.54) is 29.4 Å². The van der Waals surface area contributed by atoms with Crippen molar-refractivity contribution in [2.45, 2.75) is 40.0 Å². The number of hydrogen-bond acceptors (Lipinski definition) is 4. The highest BCUT2D eigenvalue weighted by Gasteiger charge is 2.09. The SMILES string of the molecule is CCCCc1oc2ccc(C)cc2c1C.N=S(=O)=O. The molecule has 2 rings (SSSR count). The molecule has 0 amide bonds. The van der Waals surface area contributed by atoms with Crippen LogP contribution in [0.15, 0.2) is 22.6 Å². The predicted molar refractivity (Wildman–Crippen MR) is 75.9 cm³/mol. The second-order valence-electron chi connectivity index (χ2n) is 4.49. The Bertz CT molecular complexity index is 650. The molecule has 4 nitrogen and oxygen atoms in total. The van der Waals surface area contributed by atoms with Gasteiger partial charge in [0.15, 0.2) is 0 Å². The molecule has 1 aromatic heterocycles. The van der Waals surface area contributed by atoms with Gasteiger partial charge in [-0.3, -0.25) is 0 Å². The van der Waals surface area contributed by atoms with Crippen molar-refractivity contribution in [2.75, 3.05) is 0 Å². The summed E-state index contributed by atoms with van der Waals surface area (Å²) in [6.45, 7) is 6.50. The zero-order valence-corrected chi connectivity index (χ0v) is 12.3. The molecule has 0 radical (unpaired) electrons. The average molecular weight is 281 g/mol. The van der Waals surface area contributed by atoms with E-state index < -0.39 is 10.5 Å². The lowest BCUT2D eigenvalue weighted by Crippen LogP contribution is -1.83. The summed E-state index contributed by atoms with van der Waals surface area (Å²) in [6.07, 6.45) is 3.49. The van der Waals surface area contributed by atoms with Crippen molar-refractivity contribution in [3.8, 4) is 0 Å². The van der Waals surface area contributed by atoms with Gasteiger partial charge in [0.1, 0.15) is 11.3 Å². The molecule has 0 fully saturated rings. The second-order valence-corrected chi connectivity index (χ2v) is 4.96. The van der Waals surface area contributed by atoms with Gasteiger partial charge in [-0.25, -0.2) is 0 Å². The summed E-state index contributed by atoms with van der Waals surface area (Å²) in [7, 11) is -2.61. The van der Waals surface area contributed by atoms with Crippen LogP contribution in [0, 0.1) is 18.6 Å². The normalized spacial score (nSPS) is 10.1. The molecule has 0 saturated carbocycles. The van der Waals surface area contributed by atoms with Crippen LogP contribution in [0.2, 0.25) is 0 Å². The molecule has 0 aliphatic heterocycles. The van der Waals surface area contributed by atoms with E-state index in [1.807, 2.05) is 0 Å². The molecule has 0 spiro atoms. The molecule has 19 heavy (non-hydrogen) atoms. The number of aryl methyl sites for hydroxylation is 3. The number of nitrogens with one attached hydrogen (secondary N) is 1. The third-order valence-corrected chi connectivity index (χ3v) is 2.95. The highest BCUT2D eigenvalue weighted by molar-refractivity contribution is 7.60. The number of hydrogen-bond donors (Lipinski definition) is 1. The van der Waals surface area contributed by atoms with E-state index in [1.54, 1.807) is 0 Å². The maximum atomic E-state index is 8.67. The minimum absolute atomic E-state index is 1.03. The van der Waals surface area contributed by atoms with Crippen molar-refractivity contribution in [2.24, 2.45) is 0 Å². The van der Waals surface area contributed by atoms with E-state index in [4.69, 9.17) is 17.6 Å². The zero-order chi connectivity index (χ0) is 14.4. The number of unbranched alkanes of at least 4 members (excludes halogenated alkanes) is 1. The highest BCUT2D eigenvalue weighted by atomic mass is 32.2. The van der Waals surface area contributed by atoms with Gasteiger partial charge in [0.2, 0.25) is 0 Å². The minimum Gasteiger partial charge on any atom is -0.461 e. The molecule has 1 N–H and O–H groups in total. The minimum atomic E-state index is -2.61. The molecule has 0 unspecified atom stereocenters. The molecule has 1 heterocycles. The summed E-state index contributed by atoms with van der Waals surface area (Å²) in [5, 5.41) is 1.28. The Morgan fingerprint density at radius 1 is 1.26 bits per heavy atom. The summed E-state index contributed by atoms with van der Waals surface area (Å²) in [5.41, 5.74) is 3.65. The number of benzene rings is 1. The Hall–Kier alpha value is -1.62. The first-order valence-electron chi connectivity index (χ1n) is 6.24. The third kappa shape index (κ3) is 4.52. The van der Waals surface area contributed by atoms with Crippen LogP contribution in [-0.2, 0) is 16.9 Å². The summed E-state index contributed by atoms with van der Waals surface area (Å²) < 4.78 is 28.7. The van der Waals surface area contributed by atoms with E-state index in [-0.39, 0.29) is 0 Å². The molecule has 1 aromatic carbocycles. The lowest BCUT2D eigenvalue weighted by molar-refractivity contribution is 0.533. The number of furan rings is 1. The smallest absolute Gasteiger partial charge is 0.308 e. The van der Waals surface area contributed by atoms with Crippen molar-refractivity contribution < 1.29 is 12.8 Å². The molecule has 0 aliphatic carbocycles. The first kappa shape index (κ1) is 15.4. The molecule has 0 atom stereocenters. The van der Waals surface area contributed by atoms with Crippen molar-refractivity contribution >= 4 is 21.5 Å². The molecule has 104 valence electrons. The first-order chi connectivity index (χ1) is 8.95. The molecule has 0 saturated heterocycles. The highest BCUT2D eigenvalue weighted by Crippen LogP contribution is 2.27. The number of rotatable bonds is 3. The van der Waals surface area contributed by atoms with Crippen LogP contribution in [0.1, 0.15) is 36.7 Å². The largest absolute Gasteiger partial charge is 0.461 e. The summed E-state index contributed by atoms with van der Waals surface area (Å²) in [4.78, 5) is 0. The Labute approximate surface area is 114 Å². The maximum absolute atomic E-state index is 8.67. The quantitative estimate of drug-likeness (QED) is 0.923. The van der Waals surface area contributed by atoms with Gasteiger partial charge in [0.25, 0.3) is 0 Å². The molecule has 0 aliphatic rings. The fourth-order valence-corrected chi connectivity index (χ4v) is 1.96. The lowest BCUT2D eigenvalue weighted by Gasteiger charge is -1.95. The molecular weight excluding hydrogens is 262 g/mol. The van der Waals surface area contributed by atoms with Crippen LogP contribution in [0.3, 0.4) is 0 Å². The van der Waals surface area contributed by atoms with Gasteiger partial charge in [-0.05, 0) is 38.0 Å². The van der Waals surface area contributed by atoms with Gasteiger partial charge in [-0.2, -0.15) is 13.2 Å². The van der Waals surface area contributed by atoms with Crippen molar-refractivity contribution in [3.63, 3.8) is 0 Å². The van der Waals surface area contributed by atoms with Crippen LogP contribution >= 0.6 is 0 Å².